The highest BCUT2D eigenvalue weighted by atomic mass is 32.2. The molecule has 31 heavy (non-hydrogen) atoms. The third-order valence-electron chi connectivity index (χ3n) is 6.67. The van der Waals surface area contributed by atoms with Gasteiger partial charge in [-0.2, -0.15) is 4.98 Å². The molecule has 2 fully saturated rings. The maximum Gasteiger partial charge on any atom is 0.227 e. The van der Waals surface area contributed by atoms with Crippen molar-refractivity contribution in [2.75, 3.05) is 35.7 Å². The van der Waals surface area contributed by atoms with E-state index in [9.17, 15) is 18.8 Å². The van der Waals surface area contributed by atoms with Crippen LogP contribution in [-0.4, -0.2) is 55.4 Å². The number of aromatic nitrogens is 2. The lowest BCUT2D eigenvalue weighted by molar-refractivity contribution is 0.0112. The first-order chi connectivity index (χ1) is 14.8. The van der Waals surface area contributed by atoms with Crippen LogP contribution >= 0.6 is 0 Å². The number of benzene rings is 1. The monoisotopic (exact) mass is 446 g/mol. The smallest absolute Gasteiger partial charge is 0.227 e. The van der Waals surface area contributed by atoms with Crippen LogP contribution in [0.3, 0.4) is 0 Å². The van der Waals surface area contributed by atoms with Crippen molar-refractivity contribution in [2.45, 2.75) is 55.1 Å². The van der Waals surface area contributed by atoms with Crippen LogP contribution < -0.4 is 10.2 Å². The van der Waals surface area contributed by atoms with Gasteiger partial charge >= 0.3 is 0 Å². The molecule has 1 saturated carbocycles. The van der Waals surface area contributed by atoms with Crippen LogP contribution in [0.2, 0.25) is 0 Å². The number of nitrogens with one attached hydrogen (secondary N) is 1. The summed E-state index contributed by atoms with van der Waals surface area (Å²) in [7, 11) is -1.14. The van der Waals surface area contributed by atoms with Crippen LogP contribution in [0, 0.1) is 12.7 Å². The van der Waals surface area contributed by atoms with Crippen molar-refractivity contribution in [1.82, 2.24) is 9.97 Å². The Morgan fingerprint density at radius 3 is 2.58 bits per heavy atom. The topological polar surface area (TPSA) is 98.6 Å². The van der Waals surface area contributed by atoms with Crippen LogP contribution in [-0.2, 0) is 22.8 Å². The average molecular weight is 447 g/mol. The van der Waals surface area contributed by atoms with E-state index in [2.05, 4.69) is 5.32 Å². The summed E-state index contributed by atoms with van der Waals surface area (Å²) in [6.07, 6.45) is 3.22. The number of fused-ring (bicyclic) bond motifs is 1. The van der Waals surface area contributed by atoms with E-state index < -0.39 is 16.4 Å². The van der Waals surface area contributed by atoms with Gasteiger partial charge in [0.15, 0.2) is 0 Å². The summed E-state index contributed by atoms with van der Waals surface area (Å²) in [5, 5.41) is 24.2. The van der Waals surface area contributed by atoms with E-state index in [4.69, 9.17) is 9.97 Å². The van der Waals surface area contributed by atoms with Gasteiger partial charge < -0.3 is 20.4 Å². The first-order valence-electron chi connectivity index (χ1n) is 10.7. The predicted molar refractivity (Wildman–Crippen MR) is 116 cm³/mol. The quantitative estimate of drug-likeness (QED) is 0.646. The SMILES string of the molecule is Cc1cc(F)cc(C2(O)CCN(c3nc4c(c(NC5(CO)CC5)n3)S(=O)CC4)CC2)c1. The zero-order valence-electron chi connectivity index (χ0n) is 17.5. The first-order valence-corrected chi connectivity index (χ1v) is 12.1. The molecule has 9 heteroatoms. The van der Waals surface area contributed by atoms with Gasteiger partial charge in [-0.1, -0.05) is 6.07 Å². The minimum absolute atomic E-state index is 0.0115. The highest BCUT2D eigenvalue weighted by Crippen LogP contribution is 2.41. The minimum Gasteiger partial charge on any atom is -0.394 e. The van der Waals surface area contributed by atoms with E-state index in [0.29, 0.717) is 60.3 Å². The highest BCUT2D eigenvalue weighted by Gasteiger charge is 2.44. The Kier molecular flexibility index (Phi) is 5.02. The normalized spacial score (nSPS) is 23.5. The van der Waals surface area contributed by atoms with Crippen LogP contribution in [0.15, 0.2) is 23.1 Å². The van der Waals surface area contributed by atoms with Gasteiger partial charge in [0, 0.05) is 25.3 Å². The molecule has 1 saturated heterocycles. The molecule has 3 heterocycles. The van der Waals surface area contributed by atoms with Crippen molar-refractivity contribution >= 4 is 22.6 Å². The van der Waals surface area contributed by atoms with E-state index in [1.165, 1.54) is 12.1 Å². The number of aryl methyl sites for hydroxylation is 2. The Hall–Kier alpha value is -2.10. The molecule has 1 atom stereocenters. The summed E-state index contributed by atoms with van der Waals surface area (Å²) in [6.45, 7) is 2.88. The summed E-state index contributed by atoms with van der Waals surface area (Å²) in [5.74, 6) is 1.30. The van der Waals surface area contributed by atoms with Crippen LogP contribution in [0.1, 0.15) is 42.5 Å². The van der Waals surface area contributed by atoms with Gasteiger partial charge in [0.05, 0.1) is 34.2 Å². The minimum atomic E-state index is -1.14. The first kappa shape index (κ1) is 20.8. The summed E-state index contributed by atoms with van der Waals surface area (Å²) < 4.78 is 26.4. The summed E-state index contributed by atoms with van der Waals surface area (Å²) in [6, 6.07) is 4.71. The van der Waals surface area contributed by atoms with Crippen LogP contribution in [0.5, 0.6) is 0 Å². The van der Waals surface area contributed by atoms with E-state index in [-0.39, 0.29) is 18.0 Å². The van der Waals surface area contributed by atoms with Gasteiger partial charge in [-0.3, -0.25) is 4.21 Å². The second kappa shape index (κ2) is 7.50. The molecule has 0 spiro atoms. The van der Waals surface area contributed by atoms with Crippen LogP contribution in [0.25, 0.3) is 0 Å². The molecular weight excluding hydrogens is 419 g/mol. The van der Waals surface area contributed by atoms with Gasteiger partial charge in [-0.25, -0.2) is 9.37 Å². The predicted octanol–water partition coefficient (Wildman–Crippen LogP) is 2.01. The number of aliphatic hydroxyl groups is 2. The fourth-order valence-electron chi connectivity index (χ4n) is 4.51. The van der Waals surface area contributed by atoms with Crippen molar-refractivity contribution in [3.8, 4) is 0 Å². The number of anilines is 2. The second-order valence-electron chi connectivity index (χ2n) is 9.05. The molecule has 1 aromatic heterocycles. The summed E-state index contributed by atoms with van der Waals surface area (Å²) >= 11 is 0. The van der Waals surface area contributed by atoms with Crippen molar-refractivity contribution < 1.29 is 18.8 Å². The molecule has 1 aliphatic carbocycles. The Bertz CT molecular complexity index is 1030. The maximum atomic E-state index is 13.9. The van der Waals surface area contributed by atoms with Gasteiger partial charge in [0.25, 0.3) is 0 Å². The van der Waals surface area contributed by atoms with Gasteiger partial charge in [0.1, 0.15) is 16.5 Å². The lowest BCUT2D eigenvalue weighted by Crippen LogP contribution is -2.43. The van der Waals surface area contributed by atoms with Crippen molar-refractivity contribution in [2.24, 2.45) is 0 Å². The highest BCUT2D eigenvalue weighted by molar-refractivity contribution is 7.85. The van der Waals surface area contributed by atoms with Crippen molar-refractivity contribution in [1.29, 1.82) is 0 Å². The molecule has 2 aromatic rings. The lowest BCUT2D eigenvalue weighted by atomic mass is 9.84. The molecular formula is C22H27FN4O3S. The fourth-order valence-corrected chi connectivity index (χ4v) is 5.81. The van der Waals surface area contributed by atoms with Crippen LogP contribution in [0.4, 0.5) is 16.2 Å². The molecule has 166 valence electrons. The maximum absolute atomic E-state index is 13.9. The Labute approximate surface area is 183 Å². The number of nitrogens with zero attached hydrogens (tertiary/aromatic N) is 3. The van der Waals surface area contributed by atoms with E-state index >= 15 is 0 Å². The number of aliphatic hydroxyl groups excluding tert-OH is 1. The van der Waals surface area contributed by atoms with Gasteiger partial charge in [0.2, 0.25) is 5.95 Å². The van der Waals surface area contributed by atoms with Gasteiger partial charge in [-0.05, 0) is 55.9 Å². The Balaban J connectivity index is 1.40. The molecule has 3 N–H and O–H groups in total. The molecule has 3 aliphatic rings. The molecule has 1 aromatic carbocycles. The third kappa shape index (κ3) is 3.83. The molecule has 5 rings (SSSR count). The molecule has 7 nitrogen and oxygen atoms in total. The number of piperidine rings is 1. The zero-order valence-corrected chi connectivity index (χ0v) is 18.3. The number of hydrogen-bond acceptors (Lipinski definition) is 7. The zero-order chi connectivity index (χ0) is 21.8. The Morgan fingerprint density at radius 2 is 1.94 bits per heavy atom. The number of rotatable bonds is 5. The largest absolute Gasteiger partial charge is 0.394 e. The molecule has 0 amide bonds. The number of halogens is 1. The Morgan fingerprint density at radius 1 is 1.19 bits per heavy atom. The molecule has 1 unspecified atom stereocenters. The third-order valence-corrected chi connectivity index (χ3v) is 8.13. The van der Waals surface area contributed by atoms with E-state index in [0.717, 1.165) is 24.1 Å². The summed E-state index contributed by atoms with van der Waals surface area (Å²) in [5.41, 5.74) is 0.729. The number of hydrogen-bond donors (Lipinski definition) is 3. The van der Waals surface area contributed by atoms with E-state index in [1.807, 2.05) is 17.9 Å². The standard InChI is InChI=1S/C22H27FN4O3S/c1-14-10-15(12-16(23)11-14)22(29)5-7-27(8-6-22)20-24-17-2-9-31(30)18(17)19(25-20)26-21(13-28)3-4-21/h10-12,28-29H,2-9,13H2,1H3,(H,24,25,26). The van der Waals surface area contributed by atoms with Gasteiger partial charge in [-0.15, -0.1) is 0 Å². The molecule has 0 radical (unpaired) electrons. The lowest BCUT2D eigenvalue weighted by Gasteiger charge is -2.39. The van der Waals surface area contributed by atoms with Crippen molar-refractivity contribution in [3.05, 3.63) is 40.8 Å². The summed E-state index contributed by atoms with van der Waals surface area (Å²) in [4.78, 5) is 12.1. The average Bonchev–Trinajstić information content (AvgIpc) is 3.41. The van der Waals surface area contributed by atoms with E-state index in [1.54, 1.807) is 0 Å². The molecule has 0 bridgehead atoms. The fraction of sp³-hybridized carbons (Fsp3) is 0.545. The second-order valence-corrected chi connectivity index (χ2v) is 10.6. The van der Waals surface area contributed by atoms with Crippen molar-refractivity contribution in [3.63, 3.8) is 0 Å². The molecule has 2 aliphatic heterocycles.